The van der Waals surface area contributed by atoms with Gasteiger partial charge in [-0.25, -0.2) is 4.39 Å². The standard InChI is InChI=1S/C7H8ClFN2/c8-3-4-1-2-5(9)7(11)6(4)10/h1-2H,3,10-11H2. The largest absolute Gasteiger partial charge is 0.397 e. The molecule has 0 aliphatic rings. The van der Waals surface area contributed by atoms with Gasteiger partial charge in [-0.05, 0) is 11.6 Å². The lowest BCUT2D eigenvalue weighted by molar-refractivity contribution is 0.632. The van der Waals surface area contributed by atoms with Crippen LogP contribution in [0.5, 0.6) is 0 Å². The minimum atomic E-state index is -0.503. The zero-order valence-corrected chi connectivity index (χ0v) is 6.53. The van der Waals surface area contributed by atoms with Gasteiger partial charge in [-0.2, -0.15) is 0 Å². The lowest BCUT2D eigenvalue weighted by Gasteiger charge is -2.05. The molecule has 1 aromatic carbocycles. The molecule has 0 spiro atoms. The van der Waals surface area contributed by atoms with Crippen LogP contribution >= 0.6 is 11.6 Å². The smallest absolute Gasteiger partial charge is 0.148 e. The highest BCUT2D eigenvalue weighted by atomic mass is 35.5. The molecule has 0 atom stereocenters. The lowest BCUT2D eigenvalue weighted by Crippen LogP contribution is -2.01. The highest BCUT2D eigenvalue weighted by molar-refractivity contribution is 6.17. The van der Waals surface area contributed by atoms with Crippen molar-refractivity contribution in [1.29, 1.82) is 0 Å². The average Bonchev–Trinajstić information content (AvgIpc) is 2.01. The van der Waals surface area contributed by atoms with E-state index in [2.05, 4.69) is 0 Å². The number of hydrogen-bond donors (Lipinski definition) is 2. The number of alkyl halides is 1. The molecule has 0 fully saturated rings. The second kappa shape index (κ2) is 2.96. The van der Waals surface area contributed by atoms with E-state index in [1.807, 2.05) is 0 Å². The molecule has 0 bridgehead atoms. The quantitative estimate of drug-likeness (QED) is 0.503. The fourth-order valence-electron chi connectivity index (χ4n) is 0.771. The first-order chi connectivity index (χ1) is 5.16. The highest BCUT2D eigenvalue weighted by Gasteiger charge is 2.05. The molecule has 0 aromatic heterocycles. The highest BCUT2D eigenvalue weighted by Crippen LogP contribution is 2.23. The van der Waals surface area contributed by atoms with Crippen LogP contribution in [0, 0.1) is 5.82 Å². The van der Waals surface area contributed by atoms with Gasteiger partial charge in [-0.3, -0.25) is 0 Å². The Morgan fingerprint density at radius 3 is 2.45 bits per heavy atom. The number of hydrogen-bond acceptors (Lipinski definition) is 2. The molecule has 0 radical (unpaired) electrons. The normalized spacial score (nSPS) is 10.0. The third kappa shape index (κ3) is 1.38. The Morgan fingerprint density at radius 2 is 1.91 bits per heavy atom. The fraction of sp³-hybridized carbons (Fsp3) is 0.143. The summed E-state index contributed by atoms with van der Waals surface area (Å²) in [4.78, 5) is 0. The molecule has 4 heteroatoms. The fourth-order valence-corrected chi connectivity index (χ4v) is 1.00. The number of rotatable bonds is 1. The zero-order chi connectivity index (χ0) is 8.43. The van der Waals surface area contributed by atoms with E-state index in [-0.39, 0.29) is 17.3 Å². The van der Waals surface area contributed by atoms with Crippen molar-refractivity contribution in [2.45, 2.75) is 5.88 Å². The zero-order valence-electron chi connectivity index (χ0n) is 5.77. The second-order valence-corrected chi connectivity index (χ2v) is 2.43. The van der Waals surface area contributed by atoms with Gasteiger partial charge in [0.1, 0.15) is 5.82 Å². The maximum absolute atomic E-state index is 12.6. The van der Waals surface area contributed by atoms with Crippen molar-refractivity contribution in [3.8, 4) is 0 Å². The summed E-state index contributed by atoms with van der Waals surface area (Å²) in [5.74, 6) is -0.257. The van der Waals surface area contributed by atoms with Gasteiger partial charge in [0.15, 0.2) is 0 Å². The molecule has 0 aliphatic carbocycles. The number of anilines is 2. The SMILES string of the molecule is Nc1c(F)ccc(CCl)c1N. The molecule has 0 heterocycles. The first-order valence-electron chi connectivity index (χ1n) is 3.05. The molecular weight excluding hydrogens is 167 g/mol. The van der Waals surface area contributed by atoms with Crippen molar-refractivity contribution in [2.75, 3.05) is 11.5 Å². The van der Waals surface area contributed by atoms with Gasteiger partial charge in [0.25, 0.3) is 0 Å². The van der Waals surface area contributed by atoms with Gasteiger partial charge >= 0.3 is 0 Å². The Kier molecular flexibility index (Phi) is 2.19. The van der Waals surface area contributed by atoms with E-state index in [1.165, 1.54) is 12.1 Å². The first-order valence-corrected chi connectivity index (χ1v) is 3.58. The Bertz CT molecular complexity index is 275. The van der Waals surface area contributed by atoms with Gasteiger partial charge in [-0.15, -0.1) is 11.6 Å². The minimum absolute atomic E-state index is 0.0249. The van der Waals surface area contributed by atoms with E-state index in [0.717, 1.165) is 0 Å². The topological polar surface area (TPSA) is 52.0 Å². The Hall–Kier alpha value is -0.960. The Morgan fingerprint density at radius 1 is 1.27 bits per heavy atom. The van der Waals surface area contributed by atoms with Crippen LogP contribution in [0.25, 0.3) is 0 Å². The summed E-state index contributed by atoms with van der Waals surface area (Å²) in [6.07, 6.45) is 0. The summed E-state index contributed by atoms with van der Waals surface area (Å²) < 4.78 is 12.6. The molecular formula is C7H8ClFN2. The molecule has 0 aliphatic heterocycles. The van der Waals surface area contributed by atoms with Crippen LogP contribution in [0.1, 0.15) is 5.56 Å². The third-order valence-electron chi connectivity index (χ3n) is 1.47. The molecule has 1 aromatic rings. The van der Waals surface area contributed by atoms with Crippen molar-refractivity contribution in [1.82, 2.24) is 0 Å². The third-order valence-corrected chi connectivity index (χ3v) is 1.76. The number of nitrogen functional groups attached to an aromatic ring is 2. The monoisotopic (exact) mass is 174 g/mol. The molecule has 11 heavy (non-hydrogen) atoms. The molecule has 1 rings (SSSR count). The maximum atomic E-state index is 12.6. The molecule has 0 unspecified atom stereocenters. The van der Waals surface area contributed by atoms with Crippen molar-refractivity contribution < 1.29 is 4.39 Å². The Balaban J connectivity index is 3.25. The molecule has 4 N–H and O–H groups in total. The summed E-state index contributed by atoms with van der Waals surface area (Å²) in [6, 6.07) is 2.78. The molecule has 0 saturated carbocycles. The van der Waals surface area contributed by atoms with Gasteiger partial charge < -0.3 is 11.5 Å². The van der Waals surface area contributed by atoms with Gasteiger partial charge in [0, 0.05) is 5.88 Å². The average molecular weight is 175 g/mol. The van der Waals surface area contributed by atoms with E-state index in [4.69, 9.17) is 23.1 Å². The van der Waals surface area contributed by atoms with Crippen LogP contribution < -0.4 is 11.5 Å². The lowest BCUT2D eigenvalue weighted by atomic mass is 10.1. The predicted octanol–water partition coefficient (Wildman–Crippen LogP) is 1.73. The van der Waals surface area contributed by atoms with E-state index in [1.54, 1.807) is 0 Å². The molecule has 0 amide bonds. The minimum Gasteiger partial charge on any atom is -0.397 e. The molecule has 60 valence electrons. The van der Waals surface area contributed by atoms with Crippen molar-refractivity contribution in [2.24, 2.45) is 0 Å². The number of halogens is 2. The van der Waals surface area contributed by atoms with E-state index in [0.29, 0.717) is 5.56 Å². The van der Waals surface area contributed by atoms with Crippen LogP contribution in [0.4, 0.5) is 15.8 Å². The predicted molar refractivity (Wildman–Crippen MR) is 44.8 cm³/mol. The van der Waals surface area contributed by atoms with E-state index in [9.17, 15) is 4.39 Å². The molecule has 2 nitrogen and oxygen atoms in total. The Labute approximate surface area is 68.9 Å². The summed E-state index contributed by atoms with van der Waals surface area (Å²) >= 11 is 5.50. The maximum Gasteiger partial charge on any atom is 0.148 e. The van der Waals surface area contributed by atoms with Gasteiger partial charge in [-0.1, -0.05) is 6.07 Å². The van der Waals surface area contributed by atoms with Crippen LogP contribution in [0.3, 0.4) is 0 Å². The van der Waals surface area contributed by atoms with Crippen molar-refractivity contribution in [3.05, 3.63) is 23.5 Å². The van der Waals surface area contributed by atoms with Crippen LogP contribution in [0.2, 0.25) is 0 Å². The summed E-state index contributed by atoms with van der Waals surface area (Å²) in [5.41, 5.74) is 11.6. The van der Waals surface area contributed by atoms with Crippen LogP contribution in [-0.4, -0.2) is 0 Å². The number of benzene rings is 1. The van der Waals surface area contributed by atoms with Gasteiger partial charge in [0.05, 0.1) is 11.4 Å². The molecule has 0 saturated heterocycles. The van der Waals surface area contributed by atoms with E-state index >= 15 is 0 Å². The first kappa shape index (κ1) is 8.14. The summed E-state index contributed by atoms with van der Waals surface area (Å²) in [5, 5.41) is 0. The summed E-state index contributed by atoms with van der Waals surface area (Å²) in [6.45, 7) is 0. The van der Waals surface area contributed by atoms with E-state index < -0.39 is 5.82 Å². The van der Waals surface area contributed by atoms with Crippen LogP contribution in [-0.2, 0) is 5.88 Å². The van der Waals surface area contributed by atoms with Crippen molar-refractivity contribution >= 4 is 23.0 Å². The number of nitrogens with two attached hydrogens (primary N) is 2. The second-order valence-electron chi connectivity index (χ2n) is 2.17. The van der Waals surface area contributed by atoms with Gasteiger partial charge in [0.2, 0.25) is 0 Å². The summed E-state index contributed by atoms with van der Waals surface area (Å²) in [7, 11) is 0. The van der Waals surface area contributed by atoms with Crippen LogP contribution in [0.15, 0.2) is 12.1 Å². The van der Waals surface area contributed by atoms with Crippen molar-refractivity contribution in [3.63, 3.8) is 0 Å².